The van der Waals surface area contributed by atoms with E-state index in [4.69, 9.17) is 4.42 Å². The summed E-state index contributed by atoms with van der Waals surface area (Å²) in [6.45, 7) is 4.40. The lowest BCUT2D eigenvalue weighted by Gasteiger charge is -2.44. The summed E-state index contributed by atoms with van der Waals surface area (Å²) in [6.07, 6.45) is 3.13. The normalized spacial score (nSPS) is 19.6. The Morgan fingerprint density at radius 1 is 1.12 bits per heavy atom. The van der Waals surface area contributed by atoms with Gasteiger partial charge in [-0.3, -0.25) is 14.4 Å². The van der Waals surface area contributed by atoms with Gasteiger partial charge in [0.25, 0.3) is 11.8 Å². The van der Waals surface area contributed by atoms with Crippen LogP contribution in [0.25, 0.3) is 0 Å². The van der Waals surface area contributed by atoms with Crippen molar-refractivity contribution in [2.24, 2.45) is 0 Å². The fourth-order valence-corrected chi connectivity index (χ4v) is 4.52. The third kappa shape index (κ3) is 3.98. The first-order chi connectivity index (χ1) is 16.4. The van der Waals surface area contributed by atoms with E-state index in [1.54, 1.807) is 22.5 Å². The maximum Gasteiger partial charge on any atom is 0.274 e. The molecule has 0 saturated heterocycles. The zero-order chi connectivity index (χ0) is 23.9. The molecule has 9 nitrogen and oxygen atoms in total. The Morgan fingerprint density at radius 3 is 2.56 bits per heavy atom. The number of rotatable bonds is 7. The lowest BCUT2D eigenvalue weighted by molar-refractivity contribution is -0.133. The molecule has 2 aliphatic rings. The van der Waals surface area contributed by atoms with Gasteiger partial charge in [0.05, 0.1) is 19.4 Å². The molecule has 1 unspecified atom stereocenters. The van der Waals surface area contributed by atoms with Crippen LogP contribution in [0, 0.1) is 6.92 Å². The number of aryl methyl sites for hydroxylation is 1. The number of carbonyl (C=O) groups is 3. The molecule has 0 spiro atoms. The van der Waals surface area contributed by atoms with Crippen LogP contribution in [-0.2, 0) is 24.4 Å². The van der Waals surface area contributed by atoms with Crippen LogP contribution in [0.2, 0.25) is 0 Å². The topological polar surface area (TPSA) is 109 Å². The molecule has 1 atom stereocenters. The van der Waals surface area contributed by atoms with Crippen LogP contribution in [-0.4, -0.2) is 43.8 Å². The number of imidazole rings is 1. The first-order valence-corrected chi connectivity index (χ1v) is 11.4. The number of hydrogen-bond acceptors (Lipinski definition) is 5. The predicted molar refractivity (Wildman–Crippen MR) is 123 cm³/mol. The number of amides is 3. The molecule has 1 aromatic carbocycles. The summed E-state index contributed by atoms with van der Waals surface area (Å²) >= 11 is 0. The van der Waals surface area contributed by atoms with Gasteiger partial charge in [-0.05, 0) is 44.4 Å². The largest absolute Gasteiger partial charge is 0.465 e. The van der Waals surface area contributed by atoms with Crippen molar-refractivity contribution in [1.29, 1.82) is 0 Å². The standard InChI is InChI=1S/C25H27N5O4/c1-16-8-11-19(34-16)13-26-22(31)20-21-23(32)30(18-9-10-18)25(2,14-29(21)15-28-20)24(33)27-12-17-6-4-3-5-7-17/h3-8,11,15,18H,9-10,12-14H2,1-2H3,(H,26,31)(H,27,33). The number of hydrogen-bond donors (Lipinski definition) is 2. The van der Waals surface area contributed by atoms with Gasteiger partial charge in [-0.1, -0.05) is 30.3 Å². The van der Waals surface area contributed by atoms with Gasteiger partial charge < -0.3 is 24.5 Å². The van der Waals surface area contributed by atoms with Gasteiger partial charge in [0, 0.05) is 12.6 Å². The second kappa shape index (κ2) is 8.48. The number of aromatic nitrogens is 2. The summed E-state index contributed by atoms with van der Waals surface area (Å²) in [5.41, 5.74) is 0.174. The van der Waals surface area contributed by atoms with E-state index in [9.17, 15) is 14.4 Å². The summed E-state index contributed by atoms with van der Waals surface area (Å²) in [7, 11) is 0. The molecular weight excluding hydrogens is 434 g/mol. The number of furan rings is 1. The molecule has 176 valence electrons. The van der Waals surface area contributed by atoms with E-state index in [1.807, 2.05) is 43.3 Å². The minimum Gasteiger partial charge on any atom is -0.465 e. The van der Waals surface area contributed by atoms with Crippen molar-refractivity contribution in [3.63, 3.8) is 0 Å². The number of nitrogens with one attached hydrogen (secondary N) is 2. The molecule has 2 aromatic heterocycles. The van der Waals surface area contributed by atoms with Crippen molar-refractivity contribution in [2.75, 3.05) is 0 Å². The van der Waals surface area contributed by atoms with E-state index in [2.05, 4.69) is 15.6 Å². The molecule has 0 radical (unpaired) electrons. The molecule has 1 saturated carbocycles. The SMILES string of the molecule is Cc1ccc(CNC(=O)c2ncn3c2C(=O)N(C2CC2)C(C)(C(=O)NCc2ccccc2)C3)o1. The van der Waals surface area contributed by atoms with Crippen LogP contribution in [0.1, 0.15) is 57.8 Å². The van der Waals surface area contributed by atoms with Crippen LogP contribution in [0.3, 0.4) is 0 Å². The van der Waals surface area contributed by atoms with Gasteiger partial charge in [-0.2, -0.15) is 0 Å². The van der Waals surface area contributed by atoms with E-state index in [0.29, 0.717) is 12.3 Å². The summed E-state index contributed by atoms with van der Waals surface area (Å²) in [6, 6.07) is 13.2. The molecule has 9 heteroatoms. The minimum absolute atomic E-state index is 0.0226. The van der Waals surface area contributed by atoms with Crippen LogP contribution in [0.5, 0.6) is 0 Å². The van der Waals surface area contributed by atoms with E-state index >= 15 is 0 Å². The highest BCUT2D eigenvalue weighted by Crippen LogP contribution is 2.38. The molecular formula is C25H27N5O4. The van der Waals surface area contributed by atoms with Gasteiger partial charge in [0.15, 0.2) is 5.69 Å². The molecule has 0 bridgehead atoms. The Labute approximate surface area is 197 Å². The Morgan fingerprint density at radius 2 is 1.88 bits per heavy atom. The van der Waals surface area contributed by atoms with Crippen LogP contribution >= 0.6 is 0 Å². The minimum atomic E-state index is -1.08. The first kappa shape index (κ1) is 21.9. The lowest BCUT2D eigenvalue weighted by Crippen LogP contribution is -2.64. The van der Waals surface area contributed by atoms with Gasteiger partial charge in [-0.15, -0.1) is 0 Å². The number of benzene rings is 1. The molecule has 34 heavy (non-hydrogen) atoms. The van der Waals surface area contributed by atoms with Gasteiger partial charge >= 0.3 is 0 Å². The molecule has 1 fully saturated rings. The zero-order valence-electron chi connectivity index (χ0n) is 19.2. The first-order valence-electron chi connectivity index (χ1n) is 11.4. The zero-order valence-corrected chi connectivity index (χ0v) is 19.2. The van der Waals surface area contributed by atoms with Crippen LogP contribution in [0.4, 0.5) is 0 Å². The van der Waals surface area contributed by atoms with Crippen molar-refractivity contribution >= 4 is 17.7 Å². The molecule has 1 aliphatic heterocycles. The van der Waals surface area contributed by atoms with Crippen LogP contribution < -0.4 is 10.6 Å². The number of fused-ring (bicyclic) bond motifs is 1. The molecule has 3 amide bonds. The molecule has 1 aliphatic carbocycles. The van der Waals surface area contributed by atoms with Crippen molar-refractivity contribution in [3.05, 3.63) is 77.3 Å². The summed E-state index contributed by atoms with van der Waals surface area (Å²) < 4.78 is 7.11. The average Bonchev–Trinajstić information content (AvgIpc) is 3.42. The smallest absolute Gasteiger partial charge is 0.274 e. The van der Waals surface area contributed by atoms with Crippen molar-refractivity contribution in [2.45, 2.75) is 57.9 Å². The van der Waals surface area contributed by atoms with Gasteiger partial charge in [0.2, 0.25) is 5.91 Å². The van der Waals surface area contributed by atoms with Crippen LogP contribution in [0.15, 0.2) is 53.2 Å². The highest BCUT2D eigenvalue weighted by molar-refractivity contribution is 6.07. The van der Waals surface area contributed by atoms with E-state index < -0.39 is 11.4 Å². The molecule has 3 heterocycles. The van der Waals surface area contributed by atoms with E-state index in [1.165, 1.54) is 6.33 Å². The van der Waals surface area contributed by atoms with Gasteiger partial charge in [0.1, 0.15) is 22.8 Å². The van der Waals surface area contributed by atoms with Crippen molar-refractivity contribution in [3.8, 4) is 0 Å². The highest BCUT2D eigenvalue weighted by Gasteiger charge is 2.53. The molecule has 5 rings (SSSR count). The third-order valence-electron chi connectivity index (χ3n) is 6.40. The van der Waals surface area contributed by atoms with E-state index in [0.717, 1.165) is 24.2 Å². The Bertz CT molecular complexity index is 1240. The molecule has 3 aromatic rings. The quantitative estimate of drug-likeness (QED) is 0.562. The monoisotopic (exact) mass is 461 g/mol. The van der Waals surface area contributed by atoms with E-state index in [-0.39, 0.29) is 42.3 Å². The van der Waals surface area contributed by atoms with Crippen molar-refractivity contribution < 1.29 is 18.8 Å². The fraction of sp³-hybridized carbons (Fsp3) is 0.360. The third-order valence-corrected chi connectivity index (χ3v) is 6.40. The highest BCUT2D eigenvalue weighted by atomic mass is 16.3. The summed E-state index contributed by atoms with van der Waals surface area (Å²) in [4.78, 5) is 45.8. The van der Waals surface area contributed by atoms with Crippen molar-refractivity contribution in [1.82, 2.24) is 25.1 Å². The predicted octanol–water partition coefficient (Wildman–Crippen LogP) is 2.41. The Balaban J connectivity index is 1.37. The lowest BCUT2D eigenvalue weighted by atomic mass is 9.93. The maximum absolute atomic E-state index is 13.6. The number of carbonyl (C=O) groups excluding carboxylic acids is 3. The second-order valence-electron chi connectivity index (χ2n) is 9.11. The number of nitrogens with zero attached hydrogens (tertiary/aromatic N) is 3. The summed E-state index contributed by atoms with van der Waals surface area (Å²) in [5, 5.41) is 5.76. The fourth-order valence-electron chi connectivity index (χ4n) is 4.52. The summed E-state index contributed by atoms with van der Waals surface area (Å²) in [5.74, 6) is 0.345. The Hall–Kier alpha value is -3.88. The average molecular weight is 462 g/mol. The Kier molecular flexibility index (Phi) is 5.47. The molecule has 2 N–H and O–H groups in total. The second-order valence-corrected chi connectivity index (χ2v) is 9.11. The maximum atomic E-state index is 13.6. The van der Waals surface area contributed by atoms with Gasteiger partial charge in [-0.25, -0.2) is 4.98 Å².